The van der Waals surface area contributed by atoms with Crippen molar-refractivity contribution in [2.45, 2.75) is 34.1 Å². The molecule has 1 aromatic carbocycles. The van der Waals surface area contributed by atoms with Crippen molar-refractivity contribution in [1.82, 2.24) is 5.32 Å². The zero-order valence-corrected chi connectivity index (χ0v) is 13.4. The van der Waals surface area contributed by atoms with Crippen molar-refractivity contribution < 1.29 is 14.3 Å². The number of rotatable bonds is 8. The summed E-state index contributed by atoms with van der Waals surface area (Å²) in [4.78, 5) is 11.6. The largest absolute Gasteiger partial charge is 0.490 e. The van der Waals surface area contributed by atoms with Crippen molar-refractivity contribution >= 4 is 5.91 Å². The second kappa shape index (κ2) is 9.06. The number of carbonyl (C=O) groups is 1. The van der Waals surface area contributed by atoms with E-state index in [0.717, 1.165) is 29.1 Å². The van der Waals surface area contributed by atoms with Crippen LogP contribution >= 0.6 is 0 Å². The molecule has 1 N–H and O–H groups in total. The molecule has 4 nitrogen and oxygen atoms in total. The molecule has 1 amide bonds. The Bertz CT molecular complexity index is 495. The molecule has 0 aliphatic heterocycles. The van der Waals surface area contributed by atoms with Crippen LogP contribution < -0.4 is 14.8 Å². The lowest BCUT2D eigenvalue weighted by atomic mass is 10.1. The molecule has 0 spiro atoms. The molecule has 0 aliphatic rings. The average Bonchev–Trinajstić information content (AvgIpc) is 2.49. The van der Waals surface area contributed by atoms with Gasteiger partial charge in [-0.05, 0) is 51.8 Å². The SMILES string of the molecule is C/C=C(\C)C(=O)NCCc1ccc(OCC)c(OCC)c1. The summed E-state index contributed by atoms with van der Waals surface area (Å²) in [5.74, 6) is 1.50. The summed E-state index contributed by atoms with van der Waals surface area (Å²) in [6.07, 6.45) is 2.56. The molecule has 0 fully saturated rings. The maximum Gasteiger partial charge on any atom is 0.246 e. The lowest BCUT2D eigenvalue weighted by Gasteiger charge is -2.12. The number of carbonyl (C=O) groups excluding carboxylic acids is 1. The molecule has 0 bridgehead atoms. The highest BCUT2D eigenvalue weighted by molar-refractivity contribution is 5.92. The van der Waals surface area contributed by atoms with Gasteiger partial charge in [-0.1, -0.05) is 12.1 Å². The summed E-state index contributed by atoms with van der Waals surface area (Å²) in [5.41, 5.74) is 1.84. The van der Waals surface area contributed by atoms with Crippen LogP contribution in [0.15, 0.2) is 29.8 Å². The first-order chi connectivity index (χ1) is 10.1. The Labute approximate surface area is 127 Å². The van der Waals surface area contributed by atoms with E-state index >= 15 is 0 Å². The molecule has 4 heteroatoms. The van der Waals surface area contributed by atoms with Crippen molar-refractivity contribution in [2.75, 3.05) is 19.8 Å². The summed E-state index contributed by atoms with van der Waals surface area (Å²) in [7, 11) is 0. The molecular formula is C17H25NO3. The maximum absolute atomic E-state index is 11.6. The van der Waals surface area contributed by atoms with Gasteiger partial charge in [-0.15, -0.1) is 0 Å². The number of benzene rings is 1. The Balaban J connectivity index is 2.63. The molecule has 0 saturated heterocycles. The predicted octanol–water partition coefficient (Wildman–Crippen LogP) is 3.11. The zero-order chi connectivity index (χ0) is 15.7. The number of nitrogens with one attached hydrogen (secondary N) is 1. The summed E-state index contributed by atoms with van der Waals surface area (Å²) < 4.78 is 11.1. The topological polar surface area (TPSA) is 47.6 Å². The average molecular weight is 291 g/mol. The fourth-order valence-electron chi connectivity index (χ4n) is 1.84. The van der Waals surface area contributed by atoms with Crippen LogP contribution in [0.25, 0.3) is 0 Å². The van der Waals surface area contributed by atoms with Crippen LogP contribution in [0.2, 0.25) is 0 Å². The van der Waals surface area contributed by atoms with Gasteiger partial charge in [-0.25, -0.2) is 0 Å². The molecule has 0 unspecified atom stereocenters. The third kappa shape index (κ3) is 5.50. The first kappa shape index (κ1) is 17.1. The minimum absolute atomic E-state index is 0.0199. The van der Waals surface area contributed by atoms with Gasteiger partial charge in [0.25, 0.3) is 0 Å². The zero-order valence-electron chi connectivity index (χ0n) is 13.4. The smallest absolute Gasteiger partial charge is 0.246 e. The van der Waals surface area contributed by atoms with E-state index in [1.54, 1.807) is 13.0 Å². The summed E-state index contributed by atoms with van der Waals surface area (Å²) in [6.45, 7) is 9.36. The second-order valence-electron chi connectivity index (χ2n) is 4.62. The first-order valence-electron chi connectivity index (χ1n) is 7.42. The highest BCUT2D eigenvalue weighted by atomic mass is 16.5. The highest BCUT2D eigenvalue weighted by Crippen LogP contribution is 2.28. The minimum Gasteiger partial charge on any atom is -0.490 e. The monoisotopic (exact) mass is 291 g/mol. The van der Waals surface area contributed by atoms with Gasteiger partial charge in [0.05, 0.1) is 13.2 Å². The van der Waals surface area contributed by atoms with Gasteiger partial charge in [0.2, 0.25) is 5.91 Å². The van der Waals surface area contributed by atoms with Crippen molar-refractivity contribution in [3.05, 3.63) is 35.4 Å². The summed E-state index contributed by atoms with van der Waals surface area (Å²) in [6, 6.07) is 5.90. The van der Waals surface area contributed by atoms with E-state index in [-0.39, 0.29) is 5.91 Å². The quantitative estimate of drug-likeness (QED) is 0.749. The van der Waals surface area contributed by atoms with Gasteiger partial charge in [0, 0.05) is 12.1 Å². The predicted molar refractivity (Wildman–Crippen MR) is 84.9 cm³/mol. The molecule has 1 rings (SSSR count). The molecule has 0 saturated carbocycles. The third-order valence-corrected chi connectivity index (χ3v) is 3.10. The molecule has 0 radical (unpaired) electrons. The van der Waals surface area contributed by atoms with Crippen LogP contribution in [0.1, 0.15) is 33.3 Å². The molecule has 21 heavy (non-hydrogen) atoms. The standard InChI is InChI=1S/C17H25NO3/c1-5-13(4)17(19)18-11-10-14-8-9-15(20-6-2)16(12-14)21-7-3/h5,8-9,12H,6-7,10-11H2,1-4H3,(H,18,19)/b13-5+. The van der Waals surface area contributed by atoms with E-state index < -0.39 is 0 Å². The minimum atomic E-state index is -0.0199. The Morgan fingerprint density at radius 3 is 2.48 bits per heavy atom. The highest BCUT2D eigenvalue weighted by Gasteiger charge is 2.07. The van der Waals surface area contributed by atoms with Crippen molar-refractivity contribution in [1.29, 1.82) is 0 Å². The van der Waals surface area contributed by atoms with Crippen molar-refractivity contribution in [3.8, 4) is 11.5 Å². The van der Waals surface area contributed by atoms with Crippen LogP contribution in [0.3, 0.4) is 0 Å². The number of ether oxygens (including phenoxy) is 2. The molecule has 1 aromatic rings. The van der Waals surface area contributed by atoms with Gasteiger partial charge in [0.15, 0.2) is 11.5 Å². The number of hydrogen-bond donors (Lipinski definition) is 1. The van der Waals surface area contributed by atoms with Crippen LogP contribution in [0.5, 0.6) is 11.5 Å². The van der Waals surface area contributed by atoms with Gasteiger partial charge < -0.3 is 14.8 Å². The van der Waals surface area contributed by atoms with E-state index in [9.17, 15) is 4.79 Å². The summed E-state index contributed by atoms with van der Waals surface area (Å²) >= 11 is 0. The lowest BCUT2D eigenvalue weighted by molar-refractivity contribution is -0.117. The van der Waals surface area contributed by atoms with Crippen molar-refractivity contribution in [2.24, 2.45) is 0 Å². The Kier molecular flexibility index (Phi) is 7.37. The van der Waals surface area contributed by atoms with E-state index in [0.29, 0.717) is 19.8 Å². The van der Waals surface area contributed by atoms with E-state index in [2.05, 4.69) is 5.32 Å². The first-order valence-corrected chi connectivity index (χ1v) is 7.42. The van der Waals surface area contributed by atoms with Gasteiger partial charge in [0.1, 0.15) is 0 Å². The van der Waals surface area contributed by atoms with Crippen LogP contribution in [-0.4, -0.2) is 25.7 Å². The third-order valence-electron chi connectivity index (χ3n) is 3.10. The number of allylic oxidation sites excluding steroid dienone is 1. The Hall–Kier alpha value is -1.97. The second-order valence-corrected chi connectivity index (χ2v) is 4.62. The molecule has 0 aromatic heterocycles. The fraction of sp³-hybridized carbons (Fsp3) is 0.471. The molecule has 0 aliphatic carbocycles. The molecule has 116 valence electrons. The van der Waals surface area contributed by atoms with E-state index in [1.807, 2.05) is 39.0 Å². The van der Waals surface area contributed by atoms with Crippen LogP contribution in [0.4, 0.5) is 0 Å². The van der Waals surface area contributed by atoms with E-state index in [1.165, 1.54) is 0 Å². The van der Waals surface area contributed by atoms with Gasteiger partial charge >= 0.3 is 0 Å². The van der Waals surface area contributed by atoms with Crippen LogP contribution in [0, 0.1) is 0 Å². The van der Waals surface area contributed by atoms with Gasteiger partial charge in [-0.2, -0.15) is 0 Å². The van der Waals surface area contributed by atoms with Gasteiger partial charge in [-0.3, -0.25) is 4.79 Å². The lowest BCUT2D eigenvalue weighted by Crippen LogP contribution is -2.26. The normalized spacial score (nSPS) is 11.1. The summed E-state index contributed by atoms with van der Waals surface area (Å²) in [5, 5.41) is 2.89. The Morgan fingerprint density at radius 2 is 1.86 bits per heavy atom. The number of hydrogen-bond acceptors (Lipinski definition) is 3. The molecule has 0 heterocycles. The van der Waals surface area contributed by atoms with Crippen molar-refractivity contribution in [3.63, 3.8) is 0 Å². The fourth-order valence-corrected chi connectivity index (χ4v) is 1.84. The van der Waals surface area contributed by atoms with Crippen LogP contribution in [-0.2, 0) is 11.2 Å². The van der Waals surface area contributed by atoms with E-state index in [4.69, 9.17) is 9.47 Å². The maximum atomic E-state index is 11.6. The molecule has 0 atom stereocenters. The molecular weight excluding hydrogens is 266 g/mol. The number of amides is 1. The Morgan fingerprint density at radius 1 is 1.19 bits per heavy atom.